The Bertz CT molecular complexity index is 518. The van der Waals surface area contributed by atoms with Crippen LogP contribution in [0.15, 0.2) is 5.38 Å². The minimum Gasteiger partial charge on any atom is -0.328 e. The Morgan fingerprint density at radius 2 is 2.36 bits per heavy atom. The fourth-order valence-electron chi connectivity index (χ4n) is 3.56. The Kier molecular flexibility index (Phi) is 5.10. The minimum atomic E-state index is 0.0605. The standard InChI is InChI=1S/C16H26N4OS/c1-11-3-2-6-20(8-11)9-14-10-22-16(18-14)19-15(21)12-4-5-13(17)7-12/h10-13H,2-9,17H2,1H3,(H,18,19,21). The van der Waals surface area contributed by atoms with Gasteiger partial charge in [0.2, 0.25) is 5.91 Å². The third-order valence-corrected chi connectivity index (χ3v) is 5.56. The van der Waals surface area contributed by atoms with Crippen LogP contribution in [0.5, 0.6) is 0 Å². The van der Waals surface area contributed by atoms with E-state index < -0.39 is 0 Å². The highest BCUT2D eigenvalue weighted by molar-refractivity contribution is 7.13. The van der Waals surface area contributed by atoms with E-state index >= 15 is 0 Å². The summed E-state index contributed by atoms with van der Waals surface area (Å²) in [6, 6.07) is 0.184. The van der Waals surface area contributed by atoms with Crippen molar-refractivity contribution in [2.75, 3.05) is 18.4 Å². The lowest BCUT2D eigenvalue weighted by atomic mass is 10.0. The second-order valence-corrected chi connectivity index (χ2v) is 7.74. The van der Waals surface area contributed by atoms with Gasteiger partial charge in [0.05, 0.1) is 5.69 Å². The number of piperidine rings is 1. The maximum Gasteiger partial charge on any atom is 0.229 e. The molecule has 1 aromatic heterocycles. The summed E-state index contributed by atoms with van der Waals surface area (Å²) >= 11 is 1.53. The molecule has 1 aliphatic heterocycles. The van der Waals surface area contributed by atoms with Crippen LogP contribution in [0, 0.1) is 11.8 Å². The highest BCUT2D eigenvalue weighted by Gasteiger charge is 2.28. The molecule has 1 amide bonds. The average Bonchev–Trinajstić information content (AvgIpc) is 3.08. The lowest BCUT2D eigenvalue weighted by Gasteiger charge is -2.30. The molecule has 1 aromatic rings. The first-order valence-electron chi connectivity index (χ1n) is 8.33. The summed E-state index contributed by atoms with van der Waals surface area (Å²) in [5.74, 6) is 0.920. The zero-order valence-corrected chi connectivity index (χ0v) is 14.1. The van der Waals surface area contributed by atoms with Crippen molar-refractivity contribution in [1.82, 2.24) is 9.88 Å². The predicted octanol–water partition coefficient (Wildman–Crippen LogP) is 2.44. The number of nitrogens with two attached hydrogens (primary N) is 1. The molecule has 0 radical (unpaired) electrons. The van der Waals surface area contributed by atoms with Crippen molar-refractivity contribution < 1.29 is 4.79 Å². The molecule has 3 rings (SSSR count). The van der Waals surface area contributed by atoms with Gasteiger partial charge in [-0.25, -0.2) is 4.98 Å². The number of carbonyl (C=O) groups excluding carboxylic acids is 1. The van der Waals surface area contributed by atoms with Gasteiger partial charge in [-0.3, -0.25) is 9.69 Å². The lowest BCUT2D eigenvalue weighted by Crippen LogP contribution is -2.33. The SMILES string of the molecule is CC1CCCN(Cc2csc(NC(=O)C3CCC(N)C3)n2)C1. The molecule has 22 heavy (non-hydrogen) atoms. The topological polar surface area (TPSA) is 71.2 Å². The van der Waals surface area contributed by atoms with E-state index in [4.69, 9.17) is 5.73 Å². The zero-order valence-electron chi connectivity index (χ0n) is 13.3. The number of nitrogens with zero attached hydrogens (tertiary/aromatic N) is 2. The molecule has 3 unspecified atom stereocenters. The average molecular weight is 322 g/mol. The third-order valence-electron chi connectivity index (χ3n) is 4.75. The molecule has 3 atom stereocenters. The fourth-order valence-corrected chi connectivity index (χ4v) is 4.26. The van der Waals surface area contributed by atoms with Crippen LogP contribution in [-0.4, -0.2) is 34.9 Å². The second-order valence-electron chi connectivity index (χ2n) is 6.89. The monoisotopic (exact) mass is 322 g/mol. The largest absolute Gasteiger partial charge is 0.328 e. The number of carbonyl (C=O) groups is 1. The summed E-state index contributed by atoms with van der Waals surface area (Å²) in [5, 5.41) is 5.76. The van der Waals surface area contributed by atoms with Gasteiger partial charge in [0.1, 0.15) is 0 Å². The van der Waals surface area contributed by atoms with Gasteiger partial charge in [-0.2, -0.15) is 0 Å². The number of aromatic nitrogens is 1. The van der Waals surface area contributed by atoms with Crippen LogP contribution in [-0.2, 0) is 11.3 Å². The summed E-state index contributed by atoms with van der Waals surface area (Å²) in [4.78, 5) is 19.2. The minimum absolute atomic E-state index is 0.0605. The number of hydrogen-bond donors (Lipinski definition) is 2. The van der Waals surface area contributed by atoms with Crippen molar-refractivity contribution in [3.05, 3.63) is 11.1 Å². The lowest BCUT2D eigenvalue weighted by molar-refractivity contribution is -0.119. The number of hydrogen-bond acceptors (Lipinski definition) is 5. The summed E-state index contributed by atoms with van der Waals surface area (Å²) in [7, 11) is 0. The van der Waals surface area contributed by atoms with E-state index in [0.717, 1.165) is 55.6 Å². The van der Waals surface area contributed by atoms with Crippen LogP contribution in [0.4, 0.5) is 5.13 Å². The molecular weight excluding hydrogens is 296 g/mol. The molecule has 2 heterocycles. The molecule has 2 aliphatic rings. The molecule has 5 nitrogen and oxygen atoms in total. The van der Waals surface area contributed by atoms with Crippen molar-refractivity contribution in [2.45, 2.75) is 51.6 Å². The van der Waals surface area contributed by atoms with Crippen molar-refractivity contribution in [3.63, 3.8) is 0 Å². The van der Waals surface area contributed by atoms with Crippen molar-refractivity contribution >= 4 is 22.4 Å². The summed E-state index contributed by atoms with van der Waals surface area (Å²) in [5.41, 5.74) is 6.94. The highest BCUT2D eigenvalue weighted by atomic mass is 32.1. The van der Waals surface area contributed by atoms with Crippen LogP contribution >= 0.6 is 11.3 Å². The first kappa shape index (κ1) is 15.9. The third kappa shape index (κ3) is 4.06. The molecule has 0 bridgehead atoms. The predicted molar refractivity (Wildman–Crippen MR) is 89.7 cm³/mol. The van der Waals surface area contributed by atoms with E-state index in [1.54, 1.807) is 0 Å². The molecule has 0 aromatic carbocycles. The number of nitrogens with one attached hydrogen (secondary N) is 1. The van der Waals surface area contributed by atoms with Crippen LogP contribution < -0.4 is 11.1 Å². The number of likely N-dealkylation sites (tertiary alicyclic amines) is 1. The van der Waals surface area contributed by atoms with Crippen molar-refractivity contribution in [1.29, 1.82) is 0 Å². The van der Waals surface area contributed by atoms with Crippen molar-refractivity contribution in [2.24, 2.45) is 17.6 Å². The summed E-state index contributed by atoms with van der Waals surface area (Å²) < 4.78 is 0. The number of amides is 1. The van der Waals surface area contributed by atoms with Gasteiger partial charge in [0, 0.05) is 30.4 Å². The summed E-state index contributed by atoms with van der Waals surface area (Å²) in [6.07, 6.45) is 5.26. The first-order valence-corrected chi connectivity index (χ1v) is 9.21. The molecule has 6 heteroatoms. The molecule has 0 spiro atoms. The van der Waals surface area contributed by atoms with Gasteiger partial charge >= 0.3 is 0 Å². The molecular formula is C16H26N4OS. The second kappa shape index (κ2) is 7.06. The van der Waals surface area contributed by atoms with Gasteiger partial charge in [-0.05, 0) is 44.6 Å². The first-order chi connectivity index (χ1) is 10.6. The van der Waals surface area contributed by atoms with Gasteiger partial charge in [0.15, 0.2) is 5.13 Å². The molecule has 2 fully saturated rings. The van der Waals surface area contributed by atoms with Crippen LogP contribution in [0.2, 0.25) is 0 Å². The normalized spacial score (nSPS) is 29.6. The molecule has 3 N–H and O–H groups in total. The van der Waals surface area contributed by atoms with E-state index in [9.17, 15) is 4.79 Å². The number of rotatable bonds is 4. The highest BCUT2D eigenvalue weighted by Crippen LogP contribution is 2.26. The maximum atomic E-state index is 12.2. The fraction of sp³-hybridized carbons (Fsp3) is 0.750. The maximum absolute atomic E-state index is 12.2. The Balaban J connectivity index is 1.51. The molecule has 1 saturated heterocycles. The molecule has 1 aliphatic carbocycles. The summed E-state index contributed by atoms with van der Waals surface area (Å²) in [6.45, 7) is 5.51. The Morgan fingerprint density at radius 3 is 3.09 bits per heavy atom. The van der Waals surface area contributed by atoms with Gasteiger partial charge in [-0.1, -0.05) is 6.92 Å². The molecule has 1 saturated carbocycles. The van der Waals surface area contributed by atoms with Gasteiger partial charge < -0.3 is 11.1 Å². The van der Waals surface area contributed by atoms with Crippen LogP contribution in [0.25, 0.3) is 0 Å². The number of anilines is 1. The van der Waals surface area contributed by atoms with Crippen LogP contribution in [0.3, 0.4) is 0 Å². The smallest absolute Gasteiger partial charge is 0.229 e. The van der Waals surface area contributed by atoms with E-state index in [2.05, 4.69) is 27.5 Å². The van der Waals surface area contributed by atoms with E-state index in [1.165, 1.54) is 24.2 Å². The Hall–Kier alpha value is -0.980. The van der Waals surface area contributed by atoms with Gasteiger partial charge in [0.25, 0.3) is 0 Å². The van der Waals surface area contributed by atoms with E-state index in [1.807, 2.05) is 0 Å². The van der Waals surface area contributed by atoms with E-state index in [-0.39, 0.29) is 17.9 Å². The zero-order chi connectivity index (χ0) is 15.5. The van der Waals surface area contributed by atoms with Crippen molar-refractivity contribution in [3.8, 4) is 0 Å². The molecule has 122 valence electrons. The van der Waals surface area contributed by atoms with E-state index in [0.29, 0.717) is 0 Å². The van der Waals surface area contributed by atoms with Gasteiger partial charge in [-0.15, -0.1) is 11.3 Å². The number of thiazole rings is 1. The Labute approximate surface area is 136 Å². The Morgan fingerprint density at radius 1 is 1.50 bits per heavy atom. The van der Waals surface area contributed by atoms with Crippen LogP contribution in [0.1, 0.15) is 44.7 Å². The quantitative estimate of drug-likeness (QED) is 0.893.